The van der Waals surface area contributed by atoms with Crippen molar-refractivity contribution in [3.05, 3.63) is 0 Å². The maximum absolute atomic E-state index is 10.1. The zero-order valence-electron chi connectivity index (χ0n) is 6.44. The van der Waals surface area contributed by atoms with Crippen molar-refractivity contribution in [2.24, 2.45) is 0 Å². The number of hydrogen-bond acceptors (Lipinski definition) is 2. The van der Waals surface area contributed by atoms with Crippen LogP contribution in [0.1, 0.15) is 15.7 Å². The summed E-state index contributed by atoms with van der Waals surface area (Å²) in [6.07, 6.45) is 0.748. The number of nitrogens with one attached hydrogen (secondary N) is 1. The Hall–Kier alpha value is -0.0938. The molecule has 1 aliphatic heterocycles. The second-order valence-corrected chi connectivity index (χ2v) is 1.47. The van der Waals surface area contributed by atoms with Crippen LogP contribution in [-0.4, -0.2) is 34.9 Å². The molecule has 0 radical (unpaired) electrons. The van der Waals surface area contributed by atoms with Gasteiger partial charge in [0.15, 0.2) is 0 Å². The minimum atomic E-state index is -0.148. The third-order valence-electron chi connectivity index (χ3n) is 0.858. The molecule has 4 heteroatoms. The maximum atomic E-state index is 10.1. The summed E-state index contributed by atoms with van der Waals surface area (Å²) in [6.45, 7) is 0. The molecule has 0 bridgehead atoms. The largest absolute Gasteiger partial charge is 2.00 e. The molecule has 2 amide bonds. The summed E-state index contributed by atoms with van der Waals surface area (Å²) in [5.74, 6) is -0.296. The van der Waals surface area contributed by atoms with Crippen LogP contribution in [0.2, 0.25) is 0 Å². The van der Waals surface area contributed by atoms with E-state index in [9.17, 15) is 9.59 Å². The first-order chi connectivity index (χ1) is 3.29. The molecule has 0 atom stereocenters. The van der Waals surface area contributed by atoms with Crippen LogP contribution in [0.25, 0.3) is 0 Å². The molecular weight excluding hydrogens is 118 g/mol. The Morgan fingerprint density at radius 1 is 1.25 bits per heavy atom. The Morgan fingerprint density at radius 3 is 1.75 bits per heavy atom. The van der Waals surface area contributed by atoms with Gasteiger partial charge in [-0.05, 0) is 0 Å². The van der Waals surface area contributed by atoms with Gasteiger partial charge in [-0.25, -0.2) is 0 Å². The van der Waals surface area contributed by atoms with Gasteiger partial charge in [-0.15, -0.1) is 0 Å². The molecule has 0 aromatic rings. The summed E-state index contributed by atoms with van der Waals surface area (Å²) in [6, 6.07) is 0. The van der Waals surface area contributed by atoms with Gasteiger partial charge in [0.1, 0.15) is 0 Å². The molecule has 42 valence electrons. The zero-order chi connectivity index (χ0) is 5.28. The minimum Gasteiger partial charge on any atom is -1.00 e. The van der Waals surface area contributed by atoms with Gasteiger partial charge in [0.2, 0.25) is 11.8 Å². The Kier molecular flexibility index (Phi) is 3.00. The molecule has 0 aromatic heterocycles. The van der Waals surface area contributed by atoms with Crippen LogP contribution < -0.4 is 5.32 Å². The first-order valence-electron chi connectivity index (χ1n) is 2.12. The molecule has 0 spiro atoms. The quantitative estimate of drug-likeness (QED) is 0.343. The van der Waals surface area contributed by atoms with Gasteiger partial charge in [0.05, 0.1) is 0 Å². The van der Waals surface area contributed by atoms with Gasteiger partial charge in [-0.2, -0.15) is 0 Å². The van der Waals surface area contributed by atoms with E-state index >= 15 is 0 Å². The number of imide groups is 1. The third kappa shape index (κ3) is 1.79. The first kappa shape index (κ1) is 7.91. The fourth-order valence-corrected chi connectivity index (χ4v) is 0.508. The number of amides is 2. The van der Waals surface area contributed by atoms with Crippen LogP contribution >= 0.6 is 0 Å². The van der Waals surface area contributed by atoms with E-state index in [2.05, 4.69) is 5.32 Å². The normalized spacial score (nSPS) is 17.5. The molecular formula is C4H7MgNO2. The van der Waals surface area contributed by atoms with Gasteiger partial charge < -0.3 is 2.85 Å². The van der Waals surface area contributed by atoms with Gasteiger partial charge in [-0.1, -0.05) is 0 Å². The van der Waals surface area contributed by atoms with Gasteiger partial charge >= 0.3 is 23.1 Å². The van der Waals surface area contributed by atoms with Crippen LogP contribution in [-0.2, 0) is 9.59 Å². The van der Waals surface area contributed by atoms with Crippen molar-refractivity contribution >= 4 is 34.9 Å². The smallest absolute Gasteiger partial charge is 1.00 e. The summed E-state index contributed by atoms with van der Waals surface area (Å²) in [5, 5.41) is 2.14. The molecule has 3 nitrogen and oxygen atoms in total. The van der Waals surface area contributed by atoms with Crippen LogP contribution in [0, 0.1) is 0 Å². The van der Waals surface area contributed by atoms with Crippen molar-refractivity contribution in [1.82, 2.24) is 5.32 Å². The Bertz CT molecular complexity index is 116. The summed E-state index contributed by atoms with van der Waals surface area (Å²) in [7, 11) is 0. The van der Waals surface area contributed by atoms with E-state index in [1.54, 1.807) is 0 Å². The fourth-order valence-electron chi connectivity index (χ4n) is 0.508. The van der Waals surface area contributed by atoms with E-state index in [4.69, 9.17) is 0 Å². The molecule has 1 rings (SSSR count). The second kappa shape index (κ2) is 3.04. The molecule has 0 unspecified atom stereocenters. The second-order valence-electron chi connectivity index (χ2n) is 1.47. The maximum Gasteiger partial charge on any atom is 2.00 e. The Balaban J connectivity index is -0.000000163. The van der Waals surface area contributed by atoms with Crippen molar-refractivity contribution in [3.63, 3.8) is 0 Å². The van der Waals surface area contributed by atoms with Gasteiger partial charge in [0.25, 0.3) is 0 Å². The standard InChI is InChI=1S/C4H5NO2.Mg.2H/c6-3-1-2-4(7)5-3;;;/h1-2H2,(H,5,6,7);;;/q;+2;2*-1. The van der Waals surface area contributed by atoms with Crippen molar-refractivity contribution in [2.45, 2.75) is 12.8 Å². The molecule has 8 heavy (non-hydrogen) atoms. The molecule has 1 saturated heterocycles. The van der Waals surface area contributed by atoms with Crippen molar-refractivity contribution in [3.8, 4) is 0 Å². The predicted molar refractivity (Wildman–Crippen MR) is 30.4 cm³/mol. The first-order valence-corrected chi connectivity index (χ1v) is 2.12. The molecule has 0 aromatic carbocycles. The van der Waals surface area contributed by atoms with E-state index in [0.717, 1.165) is 0 Å². The molecule has 1 fully saturated rings. The zero-order valence-corrected chi connectivity index (χ0v) is 5.85. The van der Waals surface area contributed by atoms with Crippen LogP contribution in [0.3, 0.4) is 0 Å². The minimum absolute atomic E-state index is 0. The molecule has 1 heterocycles. The van der Waals surface area contributed by atoms with Crippen molar-refractivity contribution in [2.75, 3.05) is 0 Å². The van der Waals surface area contributed by atoms with Crippen LogP contribution in [0.15, 0.2) is 0 Å². The van der Waals surface area contributed by atoms with Crippen LogP contribution in [0.4, 0.5) is 0 Å². The molecule has 1 aliphatic rings. The average Bonchev–Trinajstić information content (AvgIpc) is 1.87. The topological polar surface area (TPSA) is 46.2 Å². The molecule has 0 saturated carbocycles. The van der Waals surface area contributed by atoms with E-state index in [0.29, 0.717) is 12.8 Å². The Labute approximate surface area is 65.9 Å². The van der Waals surface area contributed by atoms with Crippen molar-refractivity contribution in [1.29, 1.82) is 0 Å². The Morgan fingerprint density at radius 2 is 1.62 bits per heavy atom. The monoisotopic (exact) mass is 125 g/mol. The van der Waals surface area contributed by atoms with E-state index < -0.39 is 0 Å². The number of carbonyl (C=O) groups excluding carboxylic acids is 2. The summed E-state index contributed by atoms with van der Waals surface area (Å²) in [5.41, 5.74) is 0. The van der Waals surface area contributed by atoms with E-state index in [1.807, 2.05) is 0 Å². The van der Waals surface area contributed by atoms with Crippen LogP contribution in [0.5, 0.6) is 0 Å². The summed E-state index contributed by atoms with van der Waals surface area (Å²) in [4.78, 5) is 20.2. The summed E-state index contributed by atoms with van der Waals surface area (Å²) < 4.78 is 0. The van der Waals surface area contributed by atoms with Gasteiger partial charge in [-0.3, -0.25) is 14.9 Å². The third-order valence-corrected chi connectivity index (χ3v) is 0.858. The fraction of sp³-hybridized carbons (Fsp3) is 0.500. The number of hydrogen-bond donors (Lipinski definition) is 1. The van der Waals surface area contributed by atoms with E-state index in [1.165, 1.54) is 0 Å². The SMILES string of the molecule is O=C1CCC(=O)N1.[H-].[H-].[Mg+2]. The van der Waals surface area contributed by atoms with Crippen molar-refractivity contribution < 1.29 is 12.4 Å². The molecule has 1 N–H and O–H groups in total. The predicted octanol–water partition coefficient (Wildman–Crippen LogP) is -0.733. The van der Waals surface area contributed by atoms with E-state index in [-0.39, 0.29) is 37.7 Å². The summed E-state index contributed by atoms with van der Waals surface area (Å²) >= 11 is 0. The van der Waals surface area contributed by atoms with Gasteiger partial charge in [0, 0.05) is 12.8 Å². The average molecular weight is 125 g/mol. The number of carbonyl (C=O) groups is 2. The molecule has 0 aliphatic carbocycles. The number of rotatable bonds is 0.